The highest BCUT2D eigenvalue weighted by Crippen LogP contribution is 2.43. The van der Waals surface area contributed by atoms with E-state index in [1.54, 1.807) is 6.20 Å². The van der Waals surface area contributed by atoms with Crippen molar-refractivity contribution < 1.29 is 4.39 Å². The van der Waals surface area contributed by atoms with Crippen molar-refractivity contribution in [3.8, 4) is 17.1 Å². The number of rotatable bonds is 7. The first-order valence-corrected chi connectivity index (χ1v) is 22.0. The number of hydrogen-bond donors (Lipinski definition) is 0. The molecule has 4 heterocycles. The number of fused-ring (bicyclic) bond motifs is 5. The van der Waals surface area contributed by atoms with Gasteiger partial charge >= 0.3 is 0 Å². The average molecular weight is 777 g/mol. The summed E-state index contributed by atoms with van der Waals surface area (Å²) in [6, 6.07) is 72.1. The van der Waals surface area contributed by atoms with E-state index in [2.05, 4.69) is 148 Å². The van der Waals surface area contributed by atoms with Gasteiger partial charge in [0.15, 0.2) is 14.2 Å². The number of halogens is 1. The van der Waals surface area contributed by atoms with Gasteiger partial charge in [-0.3, -0.25) is 9.55 Å². The van der Waals surface area contributed by atoms with Crippen LogP contribution in [0.4, 0.5) is 21.5 Å². The first kappa shape index (κ1) is 34.8. The molecule has 4 nitrogen and oxygen atoms in total. The van der Waals surface area contributed by atoms with Crippen LogP contribution in [0.25, 0.3) is 38.9 Å². The number of alkyl halides is 1. The molecule has 1 aliphatic rings. The van der Waals surface area contributed by atoms with E-state index in [9.17, 15) is 0 Å². The summed E-state index contributed by atoms with van der Waals surface area (Å²) >= 11 is 0. The van der Waals surface area contributed by atoms with Crippen LogP contribution in [0.5, 0.6) is 0 Å². The summed E-state index contributed by atoms with van der Waals surface area (Å²) in [6.45, 7) is 0. The fraction of sp³-hybridized carbons (Fsp3) is 0.0189. The number of pyridine rings is 2. The molecule has 0 fully saturated rings. The molecule has 0 saturated heterocycles. The second-order valence-electron chi connectivity index (χ2n) is 15.1. The van der Waals surface area contributed by atoms with Crippen molar-refractivity contribution in [2.24, 2.45) is 0 Å². The smallest absolute Gasteiger partial charge is 0.184 e. The Bertz CT molecular complexity index is 3080. The van der Waals surface area contributed by atoms with E-state index in [1.165, 1.54) is 26.4 Å². The van der Waals surface area contributed by atoms with Crippen LogP contribution in [0.3, 0.4) is 0 Å². The van der Waals surface area contributed by atoms with E-state index in [-0.39, 0.29) is 0 Å². The SMILES string of the molecule is FC(c1cccc(-c2ccccn2)c1)c1ccc2c3cc4c(cc3n(-c3ccccn3)c2c1)[Si](c1ccccc1)(c1ccccc1)c1ccccc1N4c1ccccc1. The van der Waals surface area contributed by atoms with Gasteiger partial charge in [0.25, 0.3) is 0 Å². The number of nitrogens with zero attached hydrogens (tertiary/aromatic N) is 4. The maximum Gasteiger partial charge on any atom is 0.184 e. The Kier molecular flexibility index (Phi) is 8.38. The molecule has 1 aliphatic heterocycles. The third kappa shape index (κ3) is 5.56. The van der Waals surface area contributed by atoms with Crippen LogP contribution in [0.2, 0.25) is 0 Å². The number of hydrogen-bond acceptors (Lipinski definition) is 3. The molecule has 0 N–H and O–H groups in total. The minimum Gasteiger partial charge on any atom is -0.311 e. The molecule has 0 radical (unpaired) electrons. The summed E-state index contributed by atoms with van der Waals surface area (Å²) in [5.74, 6) is 0.778. The van der Waals surface area contributed by atoms with E-state index in [0.717, 1.165) is 50.3 Å². The molecule has 0 aliphatic carbocycles. The molecule has 1 atom stereocenters. The molecule has 7 aromatic carbocycles. The lowest BCUT2D eigenvalue weighted by molar-refractivity contribution is 0.402. The molecular formula is C53H37FN4Si. The largest absolute Gasteiger partial charge is 0.311 e. The fourth-order valence-electron chi connectivity index (χ4n) is 9.31. The second kappa shape index (κ2) is 14.2. The molecule has 1 unspecified atom stereocenters. The maximum absolute atomic E-state index is 16.9. The van der Waals surface area contributed by atoms with Gasteiger partial charge < -0.3 is 4.90 Å². The fourth-order valence-corrected chi connectivity index (χ4v) is 14.4. The van der Waals surface area contributed by atoms with Gasteiger partial charge in [0.2, 0.25) is 0 Å². The molecule has 280 valence electrons. The van der Waals surface area contributed by atoms with Crippen molar-refractivity contribution >= 4 is 67.7 Å². The molecule has 0 amide bonds. The first-order chi connectivity index (χ1) is 29.2. The van der Waals surface area contributed by atoms with Crippen LogP contribution in [0.1, 0.15) is 17.3 Å². The molecule has 11 rings (SSSR count). The lowest BCUT2D eigenvalue weighted by Gasteiger charge is -2.45. The second-order valence-corrected chi connectivity index (χ2v) is 18.8. The minimum atomic E-state index is -2.99. The van der Waals surface area contributed by atoms with E-state index in [0.29, 0.717) is 11.1 Å². The Morgan fingerprint density at radius 3 is 1.81 bits per heavy atom. The van der Waals surface area contributed by atoms with Crippen molar-refractivity contribution in [3.05, 3.63) is 230 Å². The molecule has 3 aromatic heterocycles. The lowest BCUT2D eigenvalue weighted by Crippen LogP contribution is -2.77. The number of benzene rings is 7. The van der Waals surface area contributed by atoms with Crippen molar-refractivity contribution in [1.82, 2.24) is 14.5 Å². The topological polar surface area (TPSA) is 34.0 Å². The van der Waals surface area contributed by atoms with E-state index < -0.39 is 14.2 Å². The van der Waals surface area contributed by atoms with E-state index in [4.69, 9.17) is 4.98 Å². The highest BCUT2D eigenvalue weighted by molar-refractivity contribution is 7.21. The Labute approximate surface area is 343 Å². The van der Waals surface area contributed by atoms with Gasteiger partial charge in [-0.1, -0.05) is 140 Å². The van der Waals surface area contributed by atoms with Gasteiger partial charge in [-0.15, -0.1) is 0 Å². The van der Waals surface area contributed by atoms with Crippen molar-refractivity contribution in [1.29, 1.82) is 0 Å². The zero-order valence-electron chi connectivity index (χ0n) is 32.0. The molecular weight excluding hydrogens is 740 g/mol. The summed E-state index contributed by atoms with van der Waals surface area (Å²) in [4.78, 5) is 11.9. The van der Waals surface area contributed by atoms with Gasteiger partial charge in [-0.05, 0) is 98.6 Å². The van der Waals surface area contributed by atoms with Crippen LogP contribution in [0, 0.1) is 0 Å². The average Bonchev–Trinajstić information content (AvgIpc) is 3.64. The van der Waals surface area contributed by atoms with E-state index in [1.807, 2.05) is 79.0 Å². The van der Waals surface area contributed by atoms with Gasteiger partial charge in [-0.25, -0.2) is 9.37 Å². The van der Waals surface area contributed by atoms with E-state index >= 15 is 4.39 Å². The van der Waals surface area contributed by atoms with Gasteiger partial charge in [0, 0.05) is 45.8 Å². The minimum absolute atomic E-state index is 0.580. The predicted octanol–water partition coefficient (Wildman–Crippen LogP) is 10.5. The number of anilines is 3. The standard InChI is InChI=1S/C53H37FN4Si/c54-53(38-18-16-17-37(33-38)45-25-12-14-31-55-45)39-29-30-43-44-35-49-51(36-48(44)58(47(43)34-39)52-28-13-15-32-56-52)59(41-21-6-2-7-22-41,42-23-8-3-9-24-42)50-27-11-10-26-46(50)57(49)40-19-4-1-5-20-40/h1-36,53H. The third-order valence-electron chi connectivity index (χ3n) is 11.8. The summed E-state index contributed by atoms with van der Waals surface area (Å²) < 4.78 is 19.2. The molecule has 59 heavy (non-hydrogen) atoms. The molecule has 0 saturated carbocycles. The zero-order chi connectivity index (χ0) is 39.3. The van der Waals surface area contributed by atoms with Crippen LogP contribution in [-0.2, 0) is 0 Å². The van der Waals surface area contributed by atoms with Gasteiger partial charge in [0.05, 0.1) is 16.7 Å². The summed E-state index contributed by atoms with van der Waals surface area (Å²) in [5.41, 5.74) is 8.19. The zero-order valence-corrected chi connectivity index (χ0v) is 33.0. The summed E-state index contributed by atoms with van der Waals surface area (Å²) in [7, 11) is -2.99. The molecule has 0 bridgehead atoms. The molecule has 0 spiro atoms. The number of aromatic nitrogens is 3. The van der Waals surface area contributed by atoms with Crippen LogP contribution >= 0.6 is 0 Å². The highest BCUT2D eigenvalue weighted by atomic mass is 28.3. The number of para-hydroxylation sites is 2. The van der Waals surface area contributed by atoms with Crippen molar-refractivity contribution in [2.45, 2.75) is 6.17 Å². The van der Waals surface area contributed by atoms with Crippen LogP contribution in [-0.4, -0.2) is 22.6 Å². The third-order valence-corrected chi connectivity index (χ3v) is 16.7. The summed E-state index contributed by atoms with van der Waals surface area (Å²) in [5, 5.41) is 7.33. The first-order valence-electron chi connectivity index (χ1n) is 20.0. The van der Waals surface area contributed by atoms with Gasteiger partial charge in [-0.2, -0.15) is 0 Å². The highest BCUT2D eigenvalue weighted by Gasteiger charge is 2.49. The van der Waals surface area contributed by atoms with Gasteiger partial charge in [0.1, 0.15) is 5.82 Å². The lowest BCUT2D eigenvalue weighted by atomic mass is 9.98. The Balaban J connectivity index is 1.22. The quantitative estimate of drug-likeness (QED) is 0.151. The molecule has 6 heteroatoms. The Morgan fingerprint density at radius 2 is 1.10 bits per heavy atom. The summed E-state index contributed by atoms with van der Waals surface area (Å²) in [6.07, 6.45) is 2.24. The Morgan fingerprint density at radius 1 is 0.458 bits per heavy atom. The monoisotopic (exact) mass is 776 g/mol. The maximum atomic E-state index is 16.9. The van der Waals surface area contributed by atoms with Crippen LogP contribution < -0.4 is 25.6 Å². The van der Waals surface area contributed by atoms with Crippen molar-refractivity contribution in [3.63, 3.8) is 0 Å². The van der Waals surface area contributed by atoms with Crippen molar-refractivity contribution in [2.75, 3.05) is 4.90 Å². The Hall–Kier alpha value is -7.41. The van der Waals surface area contributed by atoms with Crippen LogP contribution in [0.15, 0.2) is 219 Å². The normalized spacial score (nSPS) is 13.5. The molecule has 10 aromatic rings. The predicted molar refractivity (Wildman–Crippen MR) is 243 cm³/mol.